The van der Waals surface area contributed by atoms with E-state index >= 15 is 0 Å². The van der Waals surface area contributed by atoms with Gasteiger partial charge >= 0.3 is 6.18 Å². The zero-order valence-electron chi connectivity index (χ0n) is 21.7. The SMILES string of the molecule is N#Cc1ccc(NC2CCC(OCC(=O)N3CCN(Cc4nc5cc(Cl)ccc5s4)CC3)CC2)cc1C(F)(F)F. The summed E-state index contributed by atoms with van der Waals surface area (Å²) in [6.45, 7) is 3.59. The zero-order valence-corrected chi connectivity index (χ0v) is 23.3. The number of carbonyl (C=O) groups is 1. The standard InChI is InChI=1S/C28H29ClF3N5O2S/c29-19-2-8-25-24(13-19)35-26(40-25)16-36-9-11-37(12-10-36)27(38)17-39-22-6-4-20(5-7-22)34-21-3-1-18(15-33)23(14-21)28(30,31)32/h1-3,8,13-14,20,22,34H,4-7,9-12,16-17H2. The molecule has 40 heavy (non-hydrogen) atoms. The zero-order chi connectivity index (χ0) is 28.3. The fraction of sp³-hybridized carbons (Fsp3) is 0.464. The van der Waals surface area contributed by atoms with E-state index in [-0.39, 0.29) is 30.2 Å². The molecule has 0 spiro atoms. The van der Waals surface area contributed by atoms with Crippen LogP contribution in [0.5, 0.6) is 0 Å². The van der Waals surface area contributed by atoms with Gasteiger partial charge in [0.25, 0.3) is 0 Å². The average Bonchev–Trinajstić information content (AvgIpc) is 3.33. The van der Waals surface area contributed by atoms with Crippen LogP contribution in [-0.2, 0) is 22.3 Å². The fourth-order valence-corrected chi connectivity index (χ4v) is 6.38. The third-order valence-electron chi connectivity index (χ3n) is 7.41. The number of carbonyl (C=O) groups excluding carboxylic acids is 1. The summed E-state index contributed by atoms with van der Waals surface area (Å²) >= 11 is 7.73. The van der Waals surface area contributed by atoms with Gasteiger partial charge in [0.15, 0.2) is 0 Å². The first kappa shape index (κ1) is 28.6. The van der Waals surface area contributed by atoms with Crippen molar-refractivity contribution in [3.8, 4) is 6.07 Å². The summed E-state index contributed by atoms with van der Waals surface area (Å²) in [4.78, 5) is 21.6. The number of fused-ring (bicyclic) bond motifs is 1. The van der Waals surface area contributed by atoms with E-state index in [1.54, 1.807) is 17.4 Å². The Morgan fingerprint density at radius 1 is 1.12 bits per heavy atom. The molecule has 2 heterocycles. The van der Waals surface area contributed by atoms with Gasteiger partial charge in [-0.25, -0.2) is 4.98 Å². The molecule has 212 valence electrons. The second-order valence-corrected chi connectivity index (χ2v) is 11.7. The Morgan fingerprint density at radius 2 is 1.88 bits per heavy atom. The van der Waals surface area contributed by atoms with Crippen LogP contribution in [0, 0.1) is 11.3 Å². The summed E-state index contributed by atoms with van der Waals surface area (Å²) < 4.78 is 46.8. The van der Waals surface area contributed by atoms with Crippen LogP contribution in [0.25, 0.3) is 10.2 Å². The summed E-state index contributed by atoms with van der Waals surface area (Å²) in [7, 11) is 0. The minimum absolute atomic E-state index is 0.00469. The molecular weight excluding hydrogens is 563 g/mol. The number of halogens is 4. The number of nitriles is 1. The Bertz CT molecular complexity index is 1390. The van der Waals surface area contributed by atoms with Crippen LogP contribution in [0.1, 0.15) is 41.8 Å². The number of piperazine rings is 1. The minimum atomic E-state index is -4.58. The van der Waals surface area contributed by atoms with Crippen LogP contribution in [0.3, 0.4) is 0 Å². The Hall–Kier alpha value is -2.91. The van der Waals surface area contributed by atoms with Crippen LogP contribution in [-0.4, -0.2) is 65.6 Å². The number of hydrogen-bond acceptors (Lipinski definition) is 7. The third kappa shape index (κ3) is 7.04. The largest absolute Gasteiger partial charge is 0.417 e. The molecule has 3 aromatic rings. The first-order valence-corrected chi connectivity index (χ1v) is 14.4. The number of anilines is 1. The van der Waals surface area contributed by atoms with Crippen molar-refractivity contribution in [3.63, 3.8) is 0 Å². The number of ether oxygens (including phenoxy) is 1. The van der Waals surface area contributed by atoms with Gasteiger partial charge in [-0.3, -0.25) is 9.69 Å². The van der Waals surface area contributed by atoms with E-state index in [9.17, 15) is 18.0 Å². The normalized spacial score (nSPS) is 20.4. The van der Waals surface area contributed by atoms with E-state index < -0.39 is 11.7 Å². The highest BCUT2D eigenvalue weighted by Gasteiger charge is 2.34. The Balaban J connectivity index is 1.02. The Morgan fingerprint density at radius 3 is 2.58 bits per heavy atom. The van der Waals surface area contributed by atoms with Gasteiger partial charge in [0.1, 0.15) is 11.6 Å². The van der Waals surface area contributed by atoms with E-state index in [0.29, 0.717) is 36.6 Å². The molecule has 2 aliphatic rings. The summed E-state index contributed by atoms with van der Waals surface area (Å²) in [6.07, 6.45) is -1.77. The molecule has 7 nitrogen and oxygen atoms in total. The van der Waals surface area contributed by atoms with E-state index in [2.05, 4.69) is 15.2 Å². The maximum atomic E-state index is 13.3. The number of nitrogens with one attached hydrogen (secondary N) is 1. The predicted molar refractivity (Wildman–Crippen MR) is 148 cm³/mol. The highest BCUT2D eigenvalue weighted by molar-refractivity contribution is 7.18. The number of benzene rings is 2. The second-order valence-electron chi connectivity index (χ2n) is 10.2. The van der Waals surface area contributed by atoms with Gasteiger partial charge in [0.05, 0.1) is 40.1 Å². The smallest absolute Gasteiger partial charge is 0.382 e. The van der Waals surface area contributed by atoms with Crippen molar-refractivity contribution in [1.29, 1.82) is 5.26 Å². The molecule has 1 aliphatic heterocycles. The molecule has 1 saturated heterocycles. The van der Waals surface area contributed by atoms with Gasteiger partial charge in [-0.05, 0) is 62.1 Å². The van der Waals surface area contributed by atoms with Gasteiger partial charge in [-0.15, -0.1) is 11.3 Å². The van der Waals surface area contributed by atoms with E-state index in [1.807, 2.05) is 23.1 Å². The van der Waals surface area contributed by atoms with Crippen molar-refractivity contribution in [3.05, 3.63) is 57.6 Å². The Kier molecular flexibility index (Phi) is 8.80. The molecule has 0 radical (unpaired) electrons. The lowest BCUT2D eigenvalue weighted by molar-refractivity contribution is -0.140. The fourth-order valence-electron chi connectivity index (χ4n) is 5.22. The lowest BCUT2D eigenvalue weighted by Crippen LogP contribution is -2.49. The van der Waals surface area contributed by atoms with Gasteiger partial charge in [0.2, 0.25) is 5.91 Å². The highest BCUT2D eigenvalue weighted by Crippen LogP contribution is 2.34. The molecule has 1 aliphatic carbocycles. The van der Waals surface area contributed by atoms with E-state index in [4.69, 9.17) is 21.6 Å². The summed E-state index contributed by atoms with van der Waals surface area (Å²) in [5.41, 5.74) is -0.0654. The third-order valence-corrected chi connectivity index (χ3v) is 8.67. The van der Waals surface area contributed by atoms with Crippen LogP contribution in [0.15, 0.2) is 36.4 Å². The van der Waals surface area contributed by atoms with Gasteiger partial charge < -0.3 is 15.0 Å². The maximum Gasteiger partial charge on any atom is 0.417 e. The molecule has 2 aromatic carbocycles. The van der Waals surface area contributed by atoms with Crippen LogP contribution in [0.2, 0.25) is 5.02 Å². The number of thiazole rings is 1. The monoisotopic (exact) mass is 591 g/mol. The quantitative estimate of drug-likeness (QED) is 0.367. The molecule has 0 unspecified atom stereocenters. The topological polar surface area (TPSA) is 81.5 Å². The lowest BCUT2D eigenvalue weighted by Gasteiger charge is -2.35. The first-order valence-electron chi connectivity index (χ1n) is 13.2. The second kappa shape index (κ2) is 12.3. The number of hydrogen-bond donors (Lipinski definition) is 1. The molecular formula is C28H29ClF3N5O2S. The van der Waals surface area contributed by atoms with Crippen molar-refractivity contribution in [1.82, 2.24) is 14.8 Å². The predicted octanol–water partition coefficient (Wildman–Crippen LogP) is 5.92. The molecule has 1 aromatic heterocycles. The van der Waals surface area contributed by atoms with Crippen LogP contribution < -0.4 is 5.32 Å². The minimum Gasteiger partial charge on any atom is -0.382 e. The lowest BCUT2D eigenvalue weighted by atomic mass is 9.92. The molecule has 5 rings (SSSR count). The Labute approximate surface area is 239 Å². The van der Waals surface area contributed by atoms with Crippen molar-refractivity contribution < 1.29 is 22.7 Å². The molecule has 1 saturated carbocycles. The summed E-state index contributed by atoms with van der Waals surface area (Å²) in [5, 5.41) is 13.8. The van der Waals surface area contributed by atoms with Crippen LogP contribution >= 0.6 is 22.9 Å². The first-order chi connectivity index (χ1) is 19.2. The molecule has 12 heteroatoms. The average molecular weight is 592 g/mol. The highest BCUT2D eigenvalue weighted by atomic mass is 35.5. The van der Waals surface area contributed by atoms with Gasteiger partial charge in [0, 0.05) is 42.9 Å². The summed E-state index contributed by atoms with van der Waals surface area (Å²) in [6, 6.07) is 11.0. The summed E-state index contributed by atoms with van der Waals surface area (Å²) in [5.74, 6) is -0.0215. The number of alkyl halides is 3. The molecule has 2 fully saturated rings. The molecule has 1 N–H and O–H groups in total. The van der Waals surface area contributed by atoms with Crippen molar-refractivity contribution in [2.24, 2.45) is 0 Å². The van der Waals surface area contributed by atoms with Gasteiger partial charge in [-0.1, -0.05) is 11.6 Å². The van der Waals surface area contributed by atoms with E-state index in [0.717, 1.165) is 53.8 Å². The van der Waals surface area contributed by atoms with Crippen molar-refractivity contribution in [2.75, 3.05) is 38.1 Å². The van der Waals surface area contributed by atoms with Crippen LogP contribution in [0.4, 0.5) is 18.9 Å². The van der Waals surface area contributed by atoms with Crippen molar-refractivity contribution in [2.45, 2.75) is 50.6 Å². The van der Waals surface area contributed by atoms with Gasteiger partial charge in [-0.2, -0.15) is 18.4 Å². The van der Waals surface area contributed by atoms with E-state index in [1.165, 1.54) is 12.1 Å². The number of rotatable bonds is 7. The molecule has 0 atom stereocenters. The number of nitrogens with zero attached hydrogens (tertiary/aromatic N) is 4. The van der Waals surface area contributed by atoms with Crippen molar-refractivity contribution >= 4 is 44.7 Å². The molecule has 0 bridgehead atoms. The molecule has 1 amide bonds. The number of amides is 1. The maximum absolute atomic E-state index is 13.3. The number of aromatic nitrogens is 1.